The number of primary amides is 1. The van der Waals surface area contributed by atoms with E-state index in [1.54, 1.807) is 0 Å². The highest BCUT2D eigenvalue weighted by molar-refractivity contribution is 8.12. The third kappa shape index (κ3) is 6.77. The molecule has 2 amide bonds. The van der Waals surface area contributed by atoms with E-state index < -0.39 is 6.03 Å². The molecule has 0 aromatic heterocycles. The molecule has 0 aliphatic carbocycles. The van der Waals surface area contributed by atoms with Crippen molar-refractivity contribution in [2.45, 2.75) is 39.0 Å². The zero-order valence-electron chi connectivity index (χ0n) is 8.78. The molecule has 0 fully saturated rings. The van der Waals surface area contributed by atoms with Gasteiger partial charge < -0.3 is 5.73 Å². The Morgan fingerprint density at radius 1 is 1.29 bits per heavy atom. The van der Waals surface area contributed by atoms with Crippen LogP contribution in [-0.2, 0) is 4.79 Å². The first-order chi connectivity index (χ1) is 6.57. The second-order valence-corrected chi connectivity index (χ2v) is 4.30. The summed E-state index contributed by atoms with van der Waals surface area (Å²) in [6.07, 6.45) is 4.80. The molecule has 0 heterocycles. The second kappa shape index (κ2) is 7.67. The number of rotatable bonds is 5. The fourth-order valence-corrected chi connectivity index (χ4v) is 1.57. The van der Waals surface area contributed by atoms with Crippen molar-refractivity contribution in [2.75, 3.05) is 7.05 Å². The van der Waals surface area contributed by atoms with Crippen LogP contribution in [0.5, 0.6) is 0 Å². The first kappa shape index (κ1) is 13.3. The highest BCUT2D eigenvalue weighted by Crippen LogP contribution is 2.13. The van der Waals surface area contributed by atoms with Gasteiger partial charge in [-0.25, -0.2) is 4.79 Å². The van der Waals surface area contributed by atoms with Crippen LogP contribution < -0.4 is 5.73 Å². The Morgan fingerprint density at radius 2 is 1.93 bits per heavy atom. The van der Waals surface area contributed by atoms with Crippen LogP contribution in [0, 0.1) is 0 Å². The molecule has 0 aromatic carbocycles. The summed E-state index contributed by atoms with van der Waals surface area (Å²) in [5, 5.41) is 0.00223. The summed E-state index contributed by atoms with van der Waals surface area (Å²) in [6.45, 7) is 2.12. The average molecular weight is 218 g/mol. The highest BCUT2D eigenvalue weighted by Gasteiger charge is 2.10. The van der Waals surface area contributed by atoms with Gasteiger partial charge >= 0.3 is 6.03 Å². The summed E-state index contributed by atoms with van der Waals surface area (Å²) in [6, 6.07) is -0.586. The van der Waals surface area contributed by atoms with E-state index in [4.69, 9.17) is 5.73 Å². The molecule has 0 atom stereocenters. The third-order valence-corrected chi connectivity index (χ3v) is 2.65. The van der Waals surface area contributed by atoms with Crippen molar-refractivity contribution in [3.8, 4) is 0 Å². The molecular formula is C9H18N2O2S. The number of urea groups is 1. The highest BCUT2D eigenvalue weighted by atomic mass is 32.2. The molecule has 0 radical (unpaired) electrons. The van der Waals surface area contributed by atoms with Crippen molar-refractivity contribution >= 4 is 23.1 Å². The Hall–Kier alpha value is -0.710. The first-order valence-electron chi connectivity index (χ1n) is 4.82. The van der Waals surface area contributed by atoms with Gasteiger partial charge in [0.1, 0.15) is 0 Å². The minimum atomic E-state index is -0.586. The lowest BCUT2D eigenvalue weighted by molar-refractivity contribution is -0.111. The van der Waals surface area contributed by atoms with Gasteiger partial charge in [0, 0.05) is 25.4 Å². The number of amides is 2. The minimum absolute atomic E-state index is 0.00223. The summed E-state index contributed by atoms with van der Waals surface area (Å²) >= 11 is 0.886. The Kier molecular flexibility index (Phi) is 7.28. The molecule has 0 saturated carbocycles. The van der Waals surface area contributed by atoms with E-state index in [9.17, 15) is 9.59 Å². The molecule has 82 valence electrons. The molecule has 0 saturated heterocycles. The van der Waals surface area contributed by atoms with Gasteiger partial charge in [0.25, 0.3) is 0 Å². The maximum Gasteiger partial charge on any atom is 0.324 e. The maximum absolute atomic E-state index is 11.2. The second-order valence-electron chi connectivity index (χ2n) is 3.11. The van der Waals surface area contributed by atoms with Gasteiger partial charge in [-0.05, 0) is 6.42 Å². The summed E-state index contributed by atoms with van der Waals surface area (Å²) in [7, 11) is 1.50. The largest absolute Gasteiger partial charge is 0.351 e. The van der Waals surface area contributed by atoms with Gasteiger partial charge in [-0.15, -0.1) is 0 Å². The van der Waals surface area contributed by atoms with Gasteiger partial charge in [0.15, 0.2) is 0 Å². The van der Waals surface area contributed by atoms with Crippen LogP contribution in [0.15, 0.2) is 0 Å². The molecule has 2 N–H and O–H groups in total. The summed E-state index contributed by atoms with van der Waals surface area (Å²) in [4.78, 5) is 21.8. The van der Waals surface area contributed by atoms with E-state index in [-0.39, 0.29) is 5.12 Å². The number of nitrogens with two attached hydrogens (primary N) is 1. The fourth-order valence-electron chi connectivity index (χ4n) is 0.939. The molecule has 0 unspecified atom stereocenters. The molecule has 0 bridgehead atoms. The van der Waals surface area contributed by atoms with E-state index in [1.807, 2.05) is 0 Å². The van der Waals surface area contributed by atoms with E-state index in [2.05, 4.69) is 6.92 Å². The van der Waals surface area contributed by atoms with Crippen molar-refractivity contribution < 1.29 is 9.59 Å². The minimum Gasteiger partial charge on any atom is -0.351 e. The van der Waals surface area contributed by atoms with Crippen molar-refractivity contribution in [3.63, 3.8) is 0 Å². The Morgan fingerprint density at radius 3 is 2.43 bits per heavy atom. The zero-order chi connectivity index (χ0) is 11.0. The predicted molar refractivity (Wildman–Crippen MR) is 58.7 cm³/mol. The number of nitrogens with zero attached hydrogens (tertiary/aromatic N) is 1. The molecule has 5 heteroatoms. The average Bonchev–Trinajstić information content (AvgIpc) is 2.12. The lowest BCUT2D eigenvalue weighted by atomic mass is 10.2. The lowest BCUT2D eigenvalue weighted by Crippen LogP contribution is -2.27. The van der Waals surface area contributed by atoms with Crippen LogP contribution in [0.25, 0.3) is 0 Å². The number of unbranched alkanes of at least 4 members (excludes halogenated alkanes) is 3. The lowest BCUT2D eigenvalue weighted by Gasteiger charge is -2.10. The topological polar surface area (TPSA) is 63.4 Å². The Labute approximate surface area is 89.3 Å². The van der Waals surface area contributed by atoms with Crippen LogP contribution >= 0.6 is 11.9 Å². The van der Waals surface area contributed by atoms with E-state index >= 15 is 0 Å². The van der Waals surface area contributed by atoms with Crippen molar-refractivity contribution in [3.05, 3.63) is 0 Å². The molecule has 0 aromatic rings. The number of hydrogen-bond acceptors (Lipinski definition) is 3. The van der Waals surface area contributed by atoms with Gasteiger partial charge in [-0.2, -0.15) is 0 Å². The van der Waals surface area contributed by atoms with Crippen molar-refractivity contribution in [2.24, 2.45) is 5.73 Å². The Bertz CT molecular complexity index is 197. The van der Waals surface area contributed by atoms with Gasteiger partial charge in [0.05, 0.1) is 0 Å². The molecule has 0 rings (SSSR count). The van der Waals surface area contributed by atoms with Crippen LogP contribution in [-0.4, -0.2) is 22.5 Å². The SMILES string of the molecule is CCCCCCC(=O)SN(C)C(N)=O. The van der Waals surface area contributed by atoms with Crippen molar-refractivity contribution in [1.29, 1.82) is 0 Å². The standard InChI is InChI=1S/C9H18N2O2S/c1-3-4-5-6-7-8(12)14-11(2)9(10)13/h3-7H2,1-2H3,(H2,10,13). The molecule has 0 aliphatic rings. The maximum atomic E-state index is 11.2. The van der Waals surface area contributed by atoms with Crippen LogP contribution in [0.3, 0.4) is 0 Å². The van der Waals surface area contributed by atoms with Crippen molar-refractivity contribution in [1.82, 2.24) is 4.31 Å². The smallest absolute Gasteiger partial charge is 0.324 e. The normalized spacial score (nSPS) is 9.86. The third-order valence-electron chi connectivity index (χ3n) is 1.78. The number of hydrogen-bond donors (Lipinski definition) is 1. The first-order valence-corrected chi connectivity index (χ1v) is 5.59. The van der Waals surface area contributed by atoms with Crippen LogP contribution in [0.2, 0.25) is 0 Å². The Balaban J connectivity index is 3.50. The summed E-state index contributed by atoms with van der Waals surface area (Å²) in [5.74, 6) is 0. The number of carbonyl (C=O) groups is 2. The van der Waals surface area contributed by atoms with Crippen LogP contribution in [0.1, 0.15) is 39.0 Å². The predicted octanol–water partition coefficient (Wildman–Crippen LogP) is 2.14. The van der Waals surface area contributed by atoms with E-state index in [0.717, 1.165) is 41.9 Å². The molecule has 4 nitrogen and oxygen atoms in total. The van der Waals surface area contributed by atoms with Gasteiger partial charge in [0.2, 0.25) is 5.12 Å². The molecular weight excluding hydrogens is 200 g/mol. The molecule has 14 heavy (non-hydrogen) atoms. The molecule has 0 spiro atoms. The van der Waals surface area contributed by atoms with Crippen LogP contribution in [0.4, 0.5) is 4.79 Å². The van der Waals surface area contributed by atoms with E-state index in [0.29, 0.717) is 6.42 Å². The summed E-state index contributed by atoms with van der Waals surface area (Å²) in [5.41, 5.74) is 4.97. The summed E-state index contributed by atoms with van der Waals surface area (Å²) < 4.78 is 1.15. The van der Waals surface area contributed by atoms with Gasteiger partial charge in [-0.1, -0.05) is 26.2 Å². The monoisotopic (exact) mass is 218 g/mol. The quantitative estimate of drug-likeness (QED) is 0.568. The van der Waals surface area contributed by atoms with E-state index in [1.165, 1.54) is 7.05 Å². The van der Waals surface area contributed by atoms with Gasteiger partial charge in [-0.3, -0.25) is 9.10 Å². The number of carbonyl (C=O) groups excluding carboxylic acids is 2. The molecule has 0 aliphatic heterocycles. The fraction of sp³-hybridized carbons (Fsp3) is 0.778. The zero-order valence-corrected chi connectivity index (χ0v) is 9.60.